The van der Waals surface area contributed by atoms with Crippen molar-refractivity contribution >= 4 is 0 Å². The SMILES string of the molecule is C=C.CCc1c(C)c(C)c2c(c1C)CCC(C)(CCCC(C)CCCC(C)CCCC(C)C)C2. The smallest absolute Gasteiger partial charge is 0.0219 e. The number of hydrogen-bond acceptors (Lipinski definition) is 0. The molecule has 196 valence electrons. The van der Waals surface area contributed by atoms with Gasteiger partial charge in [-0.15, -0.1) is 13.2 Å². The average molecular weight is 469 g/mol. The van der Waals surface area contributed by atoms with Crippen LogP contribution in [0.25, 0.3) is 0 Å². The van der Waals surface area contributed by atoms with Crippen LogP contribution in [0.5, 0.6) is 0 Å². The van der Waals surface area contributed by atoms with Crippen LogP contribution < -0.4 is 0 Å². The molecular formula is C34H60. The van der Waals surface area contributed by atoms with E-state index in [-0.39, 0.29) is 0 Å². The zero-order valence-electron chi connectivity index (χ0n) is 24.8. The molecule has 1 aliphatic rings. The van der Waals surface area contributed by atoms with Crippen LogP contribution in [0, 0.1) is 43.9 Å². The maximum Gasteiger partial charge on any atom is -0.0219 e. The molecule has 1 aromatic carbocycles. The van der Waals surface area contributed by atoms with Gasteiger partial charge in [-0.3, -0.25) is 0 Å². The minimum absolute atomic E-state index is 0.509. The molecule has 3 atom stereocenters. The van der Waals surface area contributed by atoms with Crippen LogP contribution in [0.4, 0.5) is 0 Å². The summed E-state index contributed by atoms with van der Waals surface area (Å²) in [6.07, 6.45) is 18.0. The lowest BCUT2D eigenvalue weighted by atomic mass is 9.67. The molecule has 0 bridgehead atoms. The minimum atomic E-state index is 0.509. The summed E-state index contributed by atoms with van der Waals surface area (Å²) in [6.45, 7) is 27.7. The second-order valence-corrected chi connectivity index (χ2v) is 12.5. The lowest BCUT2D eigenvalue weighted by Gasteiger charge is -2.38. The zero-order valence-corrected chi connectivity index (χ0v) is 24.8. The molecule has 0 aromatic heterocycles. The first kappa shape index (κ1) is 31.0. The van der Waals surface area contributed by atoms with Gasteiger partial charge in [0.2, 0.25) is 0 Å². The summed E-state index contributed by atoms with van der Waals surface area (Å²) in [5.74, 6) is 2.69. The summed E-state index contributed by atoms with van der Waals surface area (Å²) < 4.78 is 0. The first-order chi connectivity index (χ1) is 16.1. The third kappa shape index (κ3) is 9.20. The zero-order chi connectivity index (χ0) is 25.9. The van der Waals surface area contributed by atoms with Gasteiger partial charge in [0, 0.05) is 0 Å². The van der Waals surface area contributed by atoms with Gasteiger partial charge in [-0.05, 0) is 109 Å². The van der Waals surface area contributed by atoms with Crippen molar-refractivity contribution in [3.63, 3.8) is 0 Å². The number of hydrogen-bond donors (Lipinski definition) is 0. The van der Waals surface area contributed by atoms with Crippen molar-refractivity contribution in [1.29, 1.82) is 0 Å². The van der Waals surface area contributed by atoms with Crippen molar-refractivity contribution in [1.82, 2.24) is 0 Å². The number of benzene rings is 1. The standard InChI is InChI=1S/C32H56.C2H4/c1-10-29-26(6)27(7)31-22-32(9,21-19-30(31)28(29)8)20-13-18-25(5)17-12-16-24(4)15-11-14-23(2)3;1-2/h23-25H,10-22H2,1-9H3;1-2H2. The molecule has 0 saturated carbocycles. The Labute approximate surface area is 215 Å². The fourth-order valence-corrected chi connectivity index (χ4v) is 6.49. The molecule has 0 heterocycles. The van der Waals surface area contributed by atoms with E-state index < -0.39 is 0 Å². The predicted molar refractivity (Wildman–Crippen MR) is 156 cm³/mol. The minimum Gasteiger partial charge on any atom is -0.106 e. The van der Waals surface area contributed by atoms with Gasteiger partial charge in [-0.1, -0.05) is 92.9 Å². The molecule has 0 aliphatic heterocycles. The fourth-order valence-electron chi connectivity index (χ4n) is 6.49. The molecule has 1 aromatic rings. The van der Waals surface area contributed by atoms with Crippen LogP contribution in [-0.4, -0.2) is 0 Å². The summed E-state index contributed by atoms with van der Waals surface area (Å²) >= 11 is 0. The summed E-state index contributed by atoms with van der Waals surface area (Å²) in [5, 5.41) is 0. The number of rotatable bonds is 13. The third-order valence-corrected chi connectivity index (χ3v) is 9.02. The van der Waals surface area contributed by atoms with Crippen molar-refractivity contribution in [3.8, 4) is 0 Å². The summed E-state index contributed by atoms with van der Waals surface area (Å²) in [6, 6.07) is 0. The van der Waals surface area contributed by atoms with Gasteiger partial charge >= 0.3 is 0 Å². The largest absolute Gasteiger partial charge is 0.106 e. The van der Waals surface area contributed by atoms with Crippen molar-refractivity contribution in [2.24, 2.45) is 23.2 Å². The molecule has 0 nitrogen and oxygen atoms in total. The molecule has 34 heavy (non-hydrogen) atoms. The lowest BCUT2D eigenvalue weighted by Crippen LogP contribution is -2.28. The van der Waals surface area contributed by atoms with Gasteiger partial charge < -0.3 is 0 Å². The summed E-state index contributed by atoms with van der Waals surface area (Å²) in [7, 11) is 0. The normalized spacial score (nSPS) is 19.4. The molecular weight excluding hydrogens is 408 g/mol. The average Bonchev–Trinajstić information content (AvgIpc) is 2.79. The van der Waals surface area contributed by atoms with Crippen LogP contribution in [0.1, 0.15) is 139 Å². The van der Waals surface area contributed by atoms with Crippen LogP contribution >= 0.6 is 0 Å². The second-order valence-electron chi connectivity index (χ2n) is 12.5. The topological polar surface area (TPSA) is 0 Å². The van der Waals surface area contributed by atoms with E-state index in [1.165, 1.54) is 83.5 Å². The molecule has 0 fully saturated rings. The first-order valence-corrected chi connectivity index (χ1v) is 14.7. The number of fused-ring (bicyclic) bond motifs is 1. The highest BCUT2D eigenvalue weighted by atomic mass is 14.4. The van der Waals surface area contributed by atoms with Gasteiger partial charge in [-0.2, -0.15) is 0 Å². The Morgan fingerprint density at radius 3 is 1.79 bits per heavy atom. The predicted octanol–water partition coefficient (Wildman–Crippen LogP) is 10.9. The highest BCUT2D eigenvalue weighted by Crippen LogP contribution is 2.43. The lowest BCUT2D eigenvalue weighted by molar-refractivity contribution is 0.238. The van der Waals surface area contributed by atoms with Gasteiger partial charge in [0.05, 0.1) is 0 Å². The second kappa shape index (κ2) is 15.2. The molecule has 0 N–H and O–H groups in total. The Morgan fingerprint density at radius 2 is 1.26 bits per heavy atom. The maximum absolute atomic E-state index is 3.00. The fraction of sp³-hybridized carbons (Fsp3) is 0.765. The van der Waals surface area contributed by atoms with E-state index in [0.717, 1.165) is 17.8 Å². The third-order valence-electron chi connectivity index (χ3n) is 9.02. The Balaban J connectivity index is 0.00000281. The molecule has 0 radical (unpaired) electrons. The van der Waals surface area contributed by atoms with Crippen LogP contribution in [-0.2, 0) is 19.3 Å². The molecule has 1 aliphatic carbocycles. The van der Waals surface area contributed by atoms with E-state index in [9.17, 15) is 0 Å². The molecule has 3 unspecified atom stereocenters. The van der Waals surface area contributed by atoms with E-state index >= 15 is 0 Å². The highest BCUT2D eigenvalue weighted by Gasteiger charge is 2.32. The molecule has 2 rings (SSSR count). The maximum atomic E-state index is 3.00. The van der Waals surface area contributed by atoms with Crippen LogP contribution in [0.15, 0.2) is 13.2 Å². The summed E-state index contributed by atoms with van der Waals surface area (Å²) in [4.78, 5) is 0. The Morgan fingerprint density at radius 1 is 0.735 bits per heavy atom. The molecule has 0 heteroatoms. The van der Waals surface area contributed by atoms with E-state index in [0.29, 0.717) is 5.41 Å². The van der Waals surface area contributed by atoms with E-state index in [1.54, 1.807) is 33.4 Å². The van der Waals surface area contributed by atoms with E-state index in [2.05, 4.69) is 75.5 Å². The van der Waals surface area contributed by atoms with E-state index in [4.69, 9.17) is 0 Å². The van der Waals surface area contributed by atoms with Crippen molar-refractivity contribution < 1.29 is 0 Å². The van der Waals surface area contributed by atoms with Crippen LogP contribution in [0.2, 0.25) is 0 Å². The van der Waals surface area contributed by atoms with Crippen molar-refractivity contribution in [3.05, 3.63) is 46.5 Å². The molecule has 0 amide bonds. The monoisotopic (exact) mass is 468 g/mol. The van der Waals surface area contributed by atoms with Gasteiger partial charge in [0.15, 0.2) is 0 Å². The quantitative estimate of drug-likeness (QED) is 0.252. The van der Waals surface area contributed by atoms with Crippen molar-refractivity contribution in [2.75, 3.05) is 0 Å². The Bertz CT molecular complexity index is 724. The first-order valence-electron chi connectivity index (χ1n) is 14.7. The van der Waals surface area contributed by atoms with Gasteiger partial charge in [0.25, 0.3) is 0 Å². The highest BCUT2D eigenvalue weighted by molar-refractivity contribution is 5.52. The summed E-state index contributed by atoms with van der Waals surface area (Å²) in [5.41, 5.74) is 10.3. The molecule has 0 saturated heterocycles. The van der Waals surface area contributed by atoms with Crippen LogP contribution in [0.3, 0.4) is 0 Å². The van der Waals surface area contributed by atoms with Gasteiger partial charge in [-0.25, -0.2) is 0 Å². The van der Waals surface area contributed by atoms with Gasteiger partial charge in [0.1, 0.15) is 0 Å². The van der Waals surface area contributed by atoms with Crippen molar-refractivity contribution in [2.45, 2.75) is 146 Å². The Hall–Kier alpha value is -1.04. The van der Waals surface area contributed by atoms with E-state index in [1.807, 2.05) is 0 Å². The Kier molecular flexibility index (Phi) is 13.8. The molecule has 0 spiro atoms.